The summed E-state index contributed by atoms with van der Waals surface area (Å²) in [5.41, 5.74) is 1.34. The van der Waals surface area contributed by atoms with Gasteiger partial charge >= 0.3 is 0 Å². The lowest BCUT2D eigenvalue weighted by molar-refractivity contribution is 0.0951. The monoisotopic (exact) mass is 298 g/mol. The highest BCUT2D eigenvalue weighted by atomic mass is 19.1. The summed E-state index contributed by atoms with van der Waals surface area (Å²) in [6, 6.07) is 12.3. The Morgan fingerprint density at radius 1 is 0.955 bits per heavy atom. The van der Waals surface area contributed by atoms with E-state index in [1.165, 1.54) is 24.3 Å². The number of nitrogens with one attached hydrogen (secondary N) is 2. The molecule has 0 atom stereocenters. The smallest absolute Gasteiger partial charge is 0.255 e. The minimum Gasteiger partial charge on any atom is -0.349 e. The van der Waals surface area contributed by atoms with Crippen molar-refractivity contribution in [1.82, 2.24) is 5.32 Å². The molecule has 5 heteroatoms. The van der Waals surface area contributed by atoms with Gasteiger partial charge in [-0.1, -0.05) is 6.07 Å². The predicted octanol–water partition coefficient (Wildman–Crippen LogP) is 2.97. The number of carbonyl (C=O) groups excluding carboxylic acids is 2. The number of hydrogen-bond donors (Lipinski definition) is 2. The highest BCUT2D eigenvalue weighted by Crippen LogP contribution is 2.19. The van der Waals surface area contributed by atoms with Crippen LogP contribution in [0.3, 0.4) is 0 Å². The molecular formula is C17H15FN2O2. The first-order chi connectivity index (χ1) is 10.6. The lowest BCUT2D eigenvalue weighted by Gasteiger charge is -2.07. The number of anilines is 1. The van der Waals surface area contributed by atoms with Crippen molar-refractivity contribution in [2.24, 2.45) is 0 Å². The Bertz CT molecular complexity index is 709. The Morgan fingerprint density at radius 3 is 2.23 bits per heavy atom. The Hall–Kier alpha value is -2.69. The third kappa shape index (κ3) is 3.49. The van der Waals surface area contributed by atoms with Crippen molar-refractivity contribution >= 4 is 17.5 Å². The molecule has 22 heavy (non-hydrogen) atoms. The molecule has 2 amide bonds. The van der Waals surface area contributed by atoms with Crippen LogP contribution in [0.15, 0.2) is 48.5 Å². The van der Waals surface area contributed by atoms with Crippen LogP contribution in [-0.2, 0) is 0 Å². The van der Waals surface area contributed by atoms with Crippen molar-refractivity contribution in [2.45, 2.75) is 18.9 Å². The highest BCUT2D eigenvalue weighted by molar-refractivity contribution is 6.06. The van der Waals surface area contributed by atoms with E-state index in [2.05, 4.69) is 10.6 Å². The molecule has 0 aliphatic heterocycles. The van der Waals surface area contributed by atoms with Gasteiger partial charge in [0.05, 0.1) is 0 Å². The Kier molecular flexibility index (Phi) is 3.87. The molecule has 4 nitrogen and oxygen atoms in total. The molecule has 0 unspecified atom stereocenters. The van der Waals surface area contributed by atoms with E-state index >= 15 is 0 Å². The van der Waals surface area contributed by atoms with Gasteiger partial charge in [0.15, 0.2) is 0 Å². The fraction of sp³-hybridized carbons (Fsp3) is 0.176. The topological polar surface area (TPSA) is 58.2 Å². The van der Waals surface area contributed by atoms with Crippen LogP contribution >= 0.6 is 0 Å². The first-order valence-corrected chi connectivity index (χ1v) is 7.10. The second kappa shape index (κ2) is 5.97. The van der Waals surface area contributed by atoms with E-state index in [1.54, 1.807) is 24.3 Å². The van der Waals surface area contributed by atoms with Crippen LogP contribution in [0, 0.1) is 5.82 Å². The predicted molar refractivity (Wildman–Crippen MR) is 81.3 cm³/mol. The van der Waals surface area contributed by atoms with Gasteiger partial charge < -0.3 is 10.6 Å². The van der Waals surface area contributed by atoms with Crippen LogP contribution in [0.25, 0.3) is 0 Å². The molecule has 1 saturated carbocycles. The molecular weight excluding hydrogens is 283 g/mol. The minimum atomic E-state index is -0.364. The maximum absolute atomic E-state index is 12.8. The van der Waals surface area contributed by atoms with E-state index in [0.717, 1.165) is 12.8 Å². The summed E-state index contributed by atoms with van der Waals surface area (Å²) in [4.78, 5) is 24.2. The molecule has 0 radical (unpaired) electrons. The first-order valence-electron chi connectivity index (χ1n) is 7.10. The molecule has 0 heterocycles. The zero-order valence-corrected chi connectivity index (χ0v) is 11.8. The molecule has 0 spiro atoms. The van der Waals surface area contributed by atoms with E-state index in [-0.39, 0.29) is 23.7 Å². The molecule has 1 aliphatic rings. The summed E-state index contributed by atoms with van der Waals surface area (Å²) in [5.74, 6) is -0.872. The van der Waals surface area contributed by atoms with Crippen molar-refractivity contribution in [3.05, 3.63) is 65.5 Å². The fourth-order valence-electron chi connectivity index (χ4n) is 2.03. The molecule has 112 valence electrons. The van der Waals surface area contributed by atoms with Gasteiger partial charge in [0.2, 0.25) is 0 Å². The van der Waals surface area contributed by atoms with Gasteiger partial charge in [-0.05, 0) is 55.3 Å². The molecule has 0 bridgehead atoms. The zero-order chi connectivity index (χ0) is 15.5. The van der Waals surface area contributed by atoms with Crippen molar-refractivity contribution < 1.29 is 14.0 Å². The number of amides is 2. The number of halogens is 1. The normalized spacial score (nSPS) is 13.5. The van der Waals surface area contributed by atoms with Crippen LogP contribution in [-0.4, -0.2) is 17.9 Å². The van der Waals surface area contributed by atoms with Gasteiger partial charge in [-0.2, -0.15) is 0 Å². The summed E-state index contributed by atoms with van der Waals surface area (Å²) in [6.45, 7) is 0. The summed E-state index contributed by atoms with van der Waals surface area (Å²) in [5, 5.41) is 5.55. The van der Waals surface area contributed by atoms with Crippen molar-refractivity contribution in [3.8, 4) is 0 Å². The van der Waals surface area contributed by atoms with E-state index < -0.39 is 0 Å². The SMILES string of the molecule is O=C(Nc1ccc(F)cc1)c1cccc(C(=O)NC2CC2)c1. The average molecular weight is 298 g/mol. The van der Waals surface area contributed by atoms with Crippen LogP contribution in [0.4, 0.5) is 10.1 Å². The Balaban J connectivity index is 1.71. The fourth-order valence-corrected chi connectivity index (χ4v) is 2.03. The summed E-state index contributed by atoms with van der Waals surface area (Å²) in [7, 11) is 0. The zero-order valence-electron chi connectivity index (χ0n) is 11.8. The van der Waals surface area contributed by atoms with Crippen LogP contribution in [0.1, 0.15) is 33.6 Å². The van der Waals surface area contributed by atoms with Crippen molar-refractivity contribution in [3.63, 3.8) is 0 Å². The summed E-state index contributed by atoms with van der Waals surface area (Å²) >= 11 is 0. The second-order valence-electron chi connectivity index (χ2n) is 5.29. The molecule has 2 N–H and O–H groups in total. The van der Waals surface area contributed by atoms with E-state index in [4.69, 9.17) is 0 Å². The molecule has 2 aromatic rings. The summed E-state index contributed by atoms with van der Waals surface area (Å²) < 4.78 is 12.8. The highest BCUT2D eigenvalue weighted by Gasteiger charge is 2.24. The van der Waals surface area contributed by atoms with Gasteiger partial charge in [0.25, 0.3) is 11.8 Å². The number of benzene rings is 2. The summed E-state index contributed by atoms with van der Waals surface area (Å²) in [6.07, 6.45) is 2.02. The van der Waals surface area contributed by atoms with Crippen LogP contribution < -0.4 is 10.6 Å². The van der Waals surface area contributed by atoms with Gasteiger partial charge in [-0.15, -0.1) is 0 Å². The molecule has 0 aromatic heterocycles. The van der Waals surface area contributed by atoms with Crippen LogP contribution in [0.5, 0.6) is 0 Å². The molecule has 0 saturated heterocycles. The molecule has 3 rings (SSSR count). The maximum atomic E-state index is 12.8. The van der Waals surface area contributed by atoms with Gasteiger partial charge in [0.1, 0.15) is 5.82 Å². The Morgan fingerprint density at radius 2 is 1.59 bits per heavy atom. The van der Waals surface area contributed by atoms with Crippen molar-refractivity contribution in [1.29, 1.82) is 0 Å². The van der Waals surface area contributed by atoms with Crippen molar-refractivity contribution in [2.75, 3.05) is 5.32 Å². The molecule has 2 aromatic carbocycles. The van der Waals surface area contributed by atoms with Gasteiger partial charge in [-0.3, -0.25) is 9.59 Å². The number of rotatable bonds is 4. The van der Waals surface area contributed by atoms with Crippen LogP contribution in [0.2, 0.25) is 0 Å². The van der Waals surface area contributed by atoms with E-state index in [1.807, 2.05) is 0 Å². The quantitative estimate of drug-likeness (QED) is 0.911. The minimum absolute atomic E-state index is 0.168. The lowest BCUT2D eigenvalue weighted by atomic mass is 10.1. The van der Waals surface area contributed by atoms with Gasteiger partial charge in [-0.25, -0.2) is 4.39 Å². The van der Waals surface area contributed by atoms with Gasteiger partial charge in [0, 0.05) is 22.9 Å². The average Bonchev–Trinajstić information content (AvgIpc) is 3.33. The molecule has 1 aliphatic carbocycles. The lowest BCUT2D eigenvalue weighted by Crippen LogP contribution is -2.25. The first kappa shape index (κ1) is 14.3. The Labute approximate surface area is 127 Å². The molecule has 1 fully saturated rings. The number of carbonyl (C=O) groups is 2. The largest absolute Gasteiger partial charge is 0.349 e. The third-order valence-corrected chi connectivity index (χ3v) is 3.40. The van der Waals surface area contributed by atoms with E-state index in [9.17, 15) is 14.0 Å². The number of hydrogen-bond acceptors (Lipinski definition) is 2. The standard InChI is InChI=1S/C17H15FN2O2/c18-13-4-6-14(7-5-13)19-16(21)11-2-1-3-12(10-11)17(22)20-15-8-9-15/h1-7,10,15H,8-9H2,(H,19,21)(H,20,22). The second-order valence-corrected chi connectivity index (χ2v) is 5.29. The third-order valence-electron chi connectivity index (χ3n) is 3.40. The van der Waals surface area contributed by atoms with E-state index in [0.29, 0.717) is 16.8 Å². The maximum Gasteiger partial charge on any atom is 0.255 e.